The highest BCUT2D eigenvalue weighted by molar-refractivity contribution is 5.87. The molecule has 0 aromatic heterocycles. The van der Waals surface area contributed by atoms with Gasteiger partial charge in [-0.25, -0.2) is 9.59 Å². The third-order valence-corrected chi connectivity index (χ3v) is 6.47. The van der Waals surface area contributed by atoms with Gasteiger partial charge in [0.15, 0.2) is 0 Å². The molecule has 0 bridgehead atoms. The maximum Gasteiger partial charge on any atom is 0.407 e. The largest absolute Gasteiger partial charge is 0.480 e. The molecule has 7 nitrogen and oxygen atoms in total. The van der Waals surface area contributed by atoms with Gasteiger partial charge in [-0.15, -0.1) is 0 Å². The number of hydrogen-bond acceptors (Lipinski definition) is 4. The summed E-state index contributed by atoms with van der Waals surface area (Å²) in [4.78, 5) is 36.6. The topological polar surface area (TPSA) is 105 Å². The molecule has 2 aliphatic carbocycles. The fourth-order valence-corrected chi connectivity index (χ4v) is 4.69. The fraction of sp³-hybridized carbons (Fsp3) is 0.370. The molecule has 0 heterocycles. The lowest BCUT2D eigenvalue weighted by Crippen LogP contribution is -2.50. The molecule has 0 saturated heterocycles. The van der Waals surface area contributed by atoms with Gasteiger partial charge < -0.3 is 20.5 Å². The summed E-state index contributed by atoms with van der Waals surface area (Å²) in [7, 11) is 0. The second kappa shape index (κ2) is 9.33. The summed E-state index contributed by atoms with van der Waals surface area (Å²) in [5.41, 5.74) is 3.98. The van der Waals surface area contributed by atoms with E-state index in [4.69, 9.17) is 4.74 Å². The molecule has 3 N–H and O–H groups in total. The molecule has 2 unspecified atom stereocenters. The minimum Gasteiger partial charge on any atom is -0.480 e. The molecule has 7 heteroatoms. The van der Waals surface area contributed by atoms with Gasteiger partial charge in [0.1, 0.15) is 12.6 Å². The lowest BCUT2D eigenvalue weighted by atomic mass is 9.86. The Hall–Kier alpha value is -3.61. The molecule has 0 aliphatic heterocycles. The summed E-state index contributed by atoms with van der Waals surface area (Å²) in [5.74, 6) is -1.98. The van der Waals surface area contributed by atoms with Gasteiger partial charge in [0, 0.05) is 5.92 Å². The monoisotopic (exact) mass is 462 g/mol. The van der Waals surface area contributed by atoms with Crippen molar-refractivity contribution in [2.45, 2.75) is 45.2 Å². The van der Waals surface area contributed by atoms with Gasteiger partial charge in [0.2, 0.25) is 5.91 Å². The van der Waals surface area contributed by atoms with Crippen LogP contribution < -0.4 is 10.6 Å². The van der Waals surface area contributed by atoms with Gasteiger partial charge in [-0.2, -0.15) is 0 Å². The minimum absolute atomic E-state index is 0.0267. The van der Waals surface area contributed by atoms with Gasteiger partial charge in [-0.05, 0) is 34.1 Å². The van der Waals surface area contributed by atoms with E-state index >= 15 is 0 Å². The molecule has 2 amide bonds. The number of amides is 2. The summed E-state index contributed by atoms with van der Waals surface area (Å²) >= 11 is 0. The van der Waals surface area contributed by atoms with E-state index in [9.17, 15) is 19.5 Å². The second-order valence-electron chi connectivity index (χ2n) is 9.95. The van der Waals surface area contributed by atoms with Crippen molar-refractivity contribution in [1.82, 2.24) is 10.6 Å². The smallest absolute Gasteiger partial charge is 0.407 e. The van der Waals surface area contributed by atoms with Gasteiger partial charge in [0.25, 0.3) is 0 Å². The fourth-order valence-electron chi connectivity index (χ4n) is 4.69. The summed E-state index contributed by atoms with van der Waals surface area (Å²) in [6.45, 7) is 5.50. The molecule has 0 radical (unpaired) electrons. The first-order valence-corrected chi connectivity index (χ1v) is 11.5. The van der Waals surface area contributed by atoms with Crippen molar-refractivity contribution in [2.24, 2.45) is 11.3 Å². The SMILES string of the molecule is CC(C)(C)[C@H](NC(=O)C1C=CC(NC(=O)OCC2c3ccccc3-c3ccccc32)C1)C(=O)O. The summed E-state index contributed by atoms with van der Waals surface area (Å²) in [5, 5.41) is 14.9. The van der Waals surface area contributed by atoms with Crippen molar-refractivity contribution in [3.8, 4) is 11.1 Å². The van der Waals surface area contributed by atoms with Crippen LogP contribution in [-0.2, 0) is 14.3 Å². The Kier molecular flexibility index (Phi) is 6.46. The van der Waals surface area contributed by atoms with E-state index in [1.54, 1.807) is 32.9 Å². The normalized spacial score (nSPS) is 19.7. The molecule has 0 fully saturated rings. The third-order valence-electron chi connectivity index (χ3n) is 6.47. The number of carboxylic acid groups (broad SMARTS) is 1. The molecule has 2 aromatic rings. The highest BCUT2D eigenvalue weighted by atomic mass is 16.5. The van der Waals surface area contributed by atoms with Gasteiger partial charge in [-0.3, -0.25) is 4.79 Å². The summed E-state index contributed by atoms with van der Waals surface area (Å²) in [6.07, 6.45) is 3.26. The Morgan fingerprint density at radius 1 is 1.00 bits per heavy atom. The number of fused-ring (bicyclic) bond motifs is 3. The molecule has 4 rings (SSSR count). The van der Waals surface area contributed by atoms with Crippen LogP contribution in [0.1, 0.15) is 44.2 Å². The molecule has 2 aromatic carbocycles. The number of nitrogens with one attached hydrogen (secondary N) is 2. The zero-order valence-corrected chi connectivity index (χ0v) is 19.6. The number of aliphatic carboxylic acids is 1. The standard InChI is InChI=1S/C27H30N2O5/c1-27(2,3)23(25(31)32)29-24(30)16-12-13-17(14-16)28-26(33)34-15-22-20-10-6-4-8-18(20)19-9-5-7-11-21(19)22/h4-13,16-17,22-23H,14-15H2,1-3H3,(H,28,33)(H,29,30)(H,31,32)/t16?,17?,23-/m1/s1. The van der Waals surface area contributed by atoms with Crippen LogP contribution in [0, 0.1) is 11.3 Å². The Morgan fingerprint density at radius 2 is 1.59 bits per heavy atom. The van der Waals surface area contributed by atoms with Crippen LogP contribution in [0.2, 0.25) is 0 Å². The van der Waals surface area contributed by atoms with E-state index < -0.39 is 29.4 Å². The first-order chi connectivity index (χ1) is 16.1. The maximum atomic E-state index is 12.6. The van der Waals surface area contributed by atoms with Crippen LogP contribution in [0.25, 0.3) is 11.1 Å². The third kappa shape index (κ3) is 4.83. The average Bonchev–Trinajstić information content (AvgIpc) is 3.37. The van der Waals surface area contributed by atoms with Crippen LogP contribution in [0.4, 0.5) is 4.79 Å². The van der Waals surface area contributed by atoms with Gasteiger partial charge in [0.05, 0.1) is 12.0 Å². The van der Waals surface area contributed by atoms with E-state index in [0.717, 1.165) is 22.3 Å². The van der Waals surface area contributed by atoms with Gasteiger partial charge in [-0.1, -0.05) is 81.5 Å². The molecule has 34 heavy (non-hydrogen) atoms. The molecule has 0 spiro atoms. The van der Waals surface area contributed by atoms with E-state index in [2.05, 4.69) is 34.9 Å². The van der Waals surface area contributed by atoms with Crippen LogP contribution >= 0.6 is 0 Å². The first-order valence-electron chi connectivity index (χ1n) is 11.5. The summed E-state index contributed by atoms with van der Waals surface area (Å²) < 4.78 is 5.58. The van der Waals surface area contributed by atoms with E-state index in [1.165, 1.54) is 0 Å². The predicted molar refractivity (Wildman–Crippen MR) is 128 cm³/mol. The Labute approximate surface area is 199 Å². The molecular formula is C27H30N2O5. The highest BCUT2D eigenvalue weighted by Crippen LogP contribution is 2.44. The number of carbonyl (C=O) groups excluding carboxylic acids is 2. The van der Waals surface area contributed by atoms with E-state index in [1.807, 2.05) is 24.3 Å². The van der Waals surface area contributed by atoms with Crippen molar-refractivity contribution >= 4 is 18.0 Å². The zero-order valence-electron chi connectivity index (χ0n) is 19.6. The predicted octanol–water partition coefficient (Wildman–Crippen LogP) is 4.09. The van der Waals surface area contributed by atoms with Gasteiger partial charge >= 0.3 is 12.1 Å². The molecule has 3 atom stereocenters. The number of carbonyl (C=O) groups is 3. The lowest BCUT2D eigenvalue weighted by molar-refractivity contribution is -0.145. The highest BCUT2D eigenvalue weighted by Gasteiger charge is 2.35. The number of rotatable bonds is 6. The van der Waals surface area contributed by atoms with Crippen LogP contribution in [0.5, 0.6) is 0 Å². The number of hydrogen-bond donors (Lipinski definition) is 3. The van der Waals surface area contributed by atoms with Crippen LogP contribution in [0.15, 0.2) is 60.7 Å². The summed E-state index contributed by atoms with van der Waals surface area (Å²) in [6, 6.07) is 14.9. The number of benzene rings is 2. The van der Waals surface area contributed by atoms with Crippen molar-refractivity contribution in [1.29, 1.82) is 0 Å². The molecular weight excluding hydrogens is 432 g/mol. The van der Waals surface area contributed by atoms with Crippen molar-refractivity contribution in [3.63, 3.8) is 0 Å². The molecule has 178 valence electrons. The van der Waals surface area contributed by atoms with Crippen molar-refractivity contribution in [3.05, 3.63) is 71.8 Å². The van der Waals surface area contributed by atoms with E-state index in [0.29, 0.717) is 6.42 Å². The van der Waals surface area contributed by atoms with Crippen LogP contribution in [0.3, 0.4) is 0 Å². The lowest BCUT2D eigenvalue weighted by Gasteiger charge is -2.28. The minimum atomic E-state index is -1.07. The number of alkyl carbamates (subject to hydrolysis) is 1. The maximum absolute atomic E-state index is 12.6. The number of ether oxygens (including phenoxy) is 1. The quantitative estimate of drug-likeness (QED) is 0.561. The molecule has 2 aliphatic rings. The molecule has 0 saturated carbocycles. The van der Waals surface area contributed by atoms with Crippen LogP contribution in [-0.4, -0.2) is 41.8 Å². The average molecular weight is 463 g/mol. The second-order valence-corrected chi connectivity index (χ2v) is 9.95. The number of carboxylic acids is 1. The van der Waals surface area contributed by atoms with E-state index in [-0.39, 0.29) is 24.5 Å². The van der Waals surface area contributed by atoms with Crippen molar-refractivity contribution in [2.75, 3.05) is 6.61 Å². The Balaban J connectivity index is 1.31. The zero-order chi connectivity index (χ0) is 24.5. The first kappa shape index (κ1) is 23.5. The van der Waals surface area contributed by atoms with Crippen molar-refractivity contribution < 1.29 is 24.2 Å². The Morgan fingerprint density at radius 3 is 2.15 bits per heavy atom. The Bertz CT molecular complexity index is 1090.